The lowest BCUT2D eigenvalue weighted by Crippen LogP contribution is -2.50. The van der Waals surface area contributed by atoms with Crippen LogP contribution in [-0.4, -0.2) is 53.0 Å². The number of carbonyl (C=O) groups excluding carboxylic acids is 1. The zero-order chi connectivity index (χ0) is 16.3. The van der Waals surface area contributed by atoms with E-state index >= 15 is 0 Å². The van der Waals surface area contributed by atoms with Crippen molar-refractivity contribution in [3.8, 4) is 0 Å². The Labute approximate surface area is 139 Å². The smallest absolute Gasteiger partial charge is 0.236 e. The molecule has 1 N–H and O–H groups in total. The molecule has 4 nitrogen and oxygen atoms in total. The molecular formula is C19H28N2O2. The molecule has 4 heteroatoms. The second kappa shape index (κ2) is 7.02. The third-order valence-electron chi connectivity index (χ3n) is 5.48. The molecule has 0 aromatic heterocycles. The molecule has 0 aliphatic carbocycles. The summed E-state index contributed by atoms with van der Waals surface area (Å²) >= 11 is 0. The third-order valence-corrected chi connectivity index (χ3v) is 5.48. The summed E-state index contributed by atoms with van der Waals surface area (Å²) in [5, 5.41) is 10.9. The van der Waals surface area contributed by atoms with E-state index in [1.165, 1.54) is 6.42 Å². The van der Waals surface area contributed by atoms with Crippen molar-refractivity contribution in [2.45, 2.75) is 50.7 Å². The number of carbonyl (C=O) groups is 1. The standard InChI is InChI=1S/C19H28N2O2/c1-16-7-5-6-12-21(16)18(22)15-20-13-10-19(23,11-14-20)17-8-3-2-4-9-17/h2-4,8-9,16,23H,5-7,10-15H2,1H3. The molecule has 1 aromatic rings. The van der Waals surface area contributed by atoms with Crippen molar-refractivity contribution in [2.75, 3.05) is 26.2 Å². The van der Waals surface area contributed by atoms with Gasteiger partial charge in [-0.2, -0.15) is 0 Å². The predicted octanol–water partition coefficient (Wildman–Crippen LogP) is 2.37. The number of aliphatic hydroxyl groups is 1. The second-order valence-corrected chi connectivity index (χ2v) is 7.11. The van der Waals surface area contributed by atoms with Gasteiger partial charge in [-0.25, -0.2) is 0 Å². The lowest BCUT2D eigenvalue weighted by molar-refractivity contribution is -0.137. The van der Waals surface area contributed by atoms with Crippen molar-refractivity contribution >= 4 is 5.91 Å². The molecular weight excluding hydrogens is 288 g/mol. The van der Waals surface area contributed by atoms with E-state index in [0.29, 0.717) is 25.4 Å². The van der Waals surface area contributed by atoms with Gasteiger partial charge in [-0.05, 0) is 44.6 Å². The van der Waals surface area contributed by atoms with E-state index in [1.807, 2.05) is 35.2 Å². The van der Waals surface area contributed by atoms with Crippen LogP contribution in [-0.2, 0) is 10.4 Å². The van der Waals surface area contributed by atoms with Crippen LogP contribution < -0.4 is 0 Å². The van der Waals surface area contributed by atoms with Crippen molar-refractivity contribution in [1.82, 2.24) is 9.80 Å². The molecule has 2 heterocycles. The van der Waals surface area contributed by atoms with Gasteiger partial charge in [-0.15, -0.1) is 0 Å². The fourth-order valence-electron chi connectivity index (χ4n) is 3.87. The van der Waals surface area contributed by atoms with E-state index in [2.05, 4.69) is 11.8 Å². The maximum atomic E-state index is 12.5. The van der Waals surface area contributed by atoms with Crippen LogP contribution in [0.3, 0.4) is 0 Å². The Morgan fingerprint density at radius 2 is 1.87 bits per heavy atom. The number of likely N-dealkylation sites (tertiary alicyclic amines) is 2. The molecule has 2 aliphatic heterocycles. The summed E-state index contributed by atoms with van der Waals surface area (Å²) in [6.07, 6.45) is 4.88. The van der Waals surface area contributed by atoms with Gasteiger partial charge in [0.05, 0.1) is 12.1 Å². The number of hydrogen-bond donors (Lipinski definition) is 1. The molecule has 0 saturated carbocycles. The van der Waals surface area contributed by atoms with Gasteiger partial charge >= 0.3 is 0 Å². The van der Waals surface area contributed by atoms with Crippen molar-refractivity contribution in [1.29, 1.82) is 0 Å². The highest BCUT2D eigenvalue weighted by Crippen LogP contribution is 2.32. The van der Waals surface area contributed by atoms with Gasteiger partial charge < -0.3 is 10.0 Å². The normalized spacial score (nSPS) is 25.3. The minimum absolute atomic E-state index is 0.252. The van der Waals surface area contributed by atoms with Gasteiger partial charge in [0, 0.05) is 25.7 Å². The summed E-state index contributed by atoms with van der Waals surface area (Å²) in [5.74, 6) is 0.252. The predicted molar refractivity (Wildman–Crippen MR) is 91.0 cm³/mol. The summed E-state index contributed by atoms with van der Waals surface area (Å²) in [4.78, 5) is 16.8. The molecule has 2 saturated heterocycles. The Kier molecular flexibility index (Phi) is 5.02. The van der Waals surface area contributed by atoms with Gasteiger partial charge in [-0.3, -0.25) is 9.69 Å². The number of piperidine rings is 2. The largest absolute Gasteiger partial charge is 0.385 e. The lowest BCUT2D eigenvalue weighted by Gasteiger charge is -2.40. The molecule has 1 amide bonds. The maximum Gasteiger partial charge on any atom is 0.236 e. The molecule has 23 heavy (non-hydrogen) atoms. The first kappa shape index (κ1) is 16.5. The quantitative estimate of drug-likeness (QED) is 0.931. The molecule has 1 unspecified atom stereocenters. The van der Waals surface area contributed by atoms with E-state index < -0.39 is 5.60 Å². The highest BCUT2D eigenvalue weighted by atomic mass is 16.3. The van der Waals surface area contributed by atoms with Crippen molar-refractivity contribution in [3.05, 3.63) is 35.9 Å². The summed E-state index contributed by atoms with van der Waals surface area (Å²) in [7, 11) is 0. The van der Waals surface area contributed by atoms with E-state index in [9.17, 15) is 9.90 Å². The molecule has 3 rings (SSSR count). The van der Waals surface area contributed by atoms with Crippen LogP contribution in [0.5, 0.6) is 0 Å². The molecule has 2 aliphatic rings. The number of nitrogens with zero attached hydrogens (tertiary/aromatic N) is 2. The third kappa shape index (κ3) is 3.75. The average Bonchev–Trinajstić information content (AvgIpc) is 2.58. The van der Waals surface area contributed by atoms with E-state index in [-0.39, 0.29) is 5.91 Å². The van der Waals surface area contributed by atoms with Crippen LogP contribution in [0.1, 0.15) is 44.6 Å². The van der Waals surface area contributed by atoms with Crippen LogP contribution in [0.15, 0.2) is 30.3 Å². The molecule has 0 radical (unpaired) electrons. The first-order valence-electron chi connectivity index (χ1n) is 8.88. The molecule has 0 spiro atoms. The van der Waals surface area contributed by atoms with E-state index in [0.717, 1.165) is 38.0 Å². The van der Waals surface area contributed by atoms with Crippen LogP contribution >= 0.6 is 0 Å². The zero-order valence-corrected chi connectivity index (χ0v) is 14.1. The monoisotopic (exact) mass is 316 g/mol. The Morgan fingerprint density at radius 1 is 1.17 bits per heavy atom. The Balaban J connectivity index is 1.54. The maximum absolute atomic E-state index is 12.5. The van der Waals surface area contributed by atoms with Crippen molar-refractivity contribution in [3.63, 3.8) is 0 Å². The Hall–Kier alpha value is -1.39. The van der Waals surface area contributed by atoms with Crippen molar-refractivity contribution < 1.29 is 9.90 Å². The van der Waals surface area contributed by atoms with Gasteiger partial charge in [0.2, 0.25) is 5.91 Å². The molecule has 1 atom stereocenters. The van der Waals surface area contributed by atoms with Gasteiger partial charge in [0.1, 0.15) is 0 Å². The summed E-state index contributed by atoms with van der Waals surface area (Å²) in [6, 6.07) is 10.3. The summed E-state index contributed by atoms with van der Waals surface area (Å²) in [6.45, 7) is 5.11. The SMILES string of the molecule is CC1CCCCN1C(=O)CN1CCC(O)(c2ccccc2)CC1. The van der Waals surface area contributed by atoms with Crippen molar-refractivity contribution in [2.24, 2.45) is 0 Å². The van der Waals surface area contributed by atoms with Gasteiger partial charge in [-0.1, -0.05) is 30.3 Å². The zero-order valence-electron chi connectivity index (χ0n) is 14.1. The van der Waals surface area contributed by atoms with E-state index in [1.54, 1.807) is 0 Å². The highest BCUT2D eigenvalue weighted by molar-refractivity contribution is 5.78. The number of rotatable bonds is 3. The molecule has 0 bridgehead atoms. The Bertz CT molecular complexity index is 523. The highest BCUT2D eigenvalue weighted by Gasteiger charge is 2.35. The molecule has 2 fully saturated rings. The van der Waals surface area contributed by atoms with Crippen LogP contribution in [0.25, 0.3) is 0 Å². The van der Waals surface area contributed by atoms with E-state index in [4.69, 9.17) is 0 Å². The van der Waals surface area contributed by atoms with Crippen LogP contribution in [0.2, 0.25) is 0 Å². The van der Waals surface area contributed by atoms with Gasteiger partial charge in [0.25, 0.3) is 0 Å². The Morgan fingerprint density at radius 3 is 2.52 bits per heavy atom. The molecule has 126 valence electrons. The summed E-state index contributed by atoms with van der Waals surface area (Å²) in [5.41, 5.74) is 0.259. The minimum atomic E-state index is -0.737. The second-order valence-electron chi connectivity index (χ2n) is 7.11. The molecule has 1 aromatic carbocycles. The lowest BCUT2D eigenvalue weighted by atomic mass is 9.84. The fraction of sp³-hybridized carbons (Fsp3) is 0.632. The number of benzene rings is 1. The first-order chi connectivity index (χ1) is 11.1. The minimum Gasteiger partial charge on any atom is -0.385 e. The number of hydrogen-bond acceptors (Lipinski definition) is 3. The topological polar surface area (TPSA) is 43.8 Å². The van der Waals surface area contributed by atoms with Crippen LogP contribution in [0, 0.1) is 0 Å². The average molecular weight is 316 g/mol. The van der Waals surface area contributed by atoms with Gasteiger partial charge in [0.15, 0.2) is 0 Å². The number of amides is 1. The first-order valence-corrected chi connectivity index (χ1v) is 8.88. The fourth-order valence-corrected chi connectivity index (χ4v) is 3.87. The van der Waals surface area contributed by atoms with Crippen LogP contribution in [0.4, 0.5) is 0 Å². The summed E-state index contributed by atoms with van der Waals surface area (Å²) < 4.78 is 0.